The van der Waals surface area contributed by atoms with E-state index in [-0.39, 0.29) is 0 Å². The van der Waals surface area contributed by atoms with Crippen molar-refractivity contribution in [2.24, 2.45) is 0 Å². The van der Waals surface area contributed by atoms with Gasteiger partial charge < -0.3 is 9.05 Å². The molecule has 3 aromatic rings. The second-order valence-electron chi connectivity index (χ2n) is 6.67. The first kappa shape index (κ1) is 17.3. The maximum absolute atomic E-state index is 5.93. The molecule has 2 aromatic heterocycles. The standard InChI is InChI=1S/C19H21ClN4O2/c1-14-10-17(25-21-14)12-23-6-8-24(9-7-23)13-18-11-19(22-26-18)15-2-4-16(20)5-3-15/h2-5,10-11H,6-9,12-13H2,1H3. The van der Waals surface area contributed by atoms with Crippen LogP contribution in [-0.2, 0) is 13.1 Å². The zero-order valence-electron chi connectivity index (χ0n) is 14.7. The predicted molar refractivity (Wildman–Crippen MR) is 98.7 cm³/mol. The second-order valence-corrected chi connectivity index (χ2v) is 7.11. The van der Waals surface area contributed by atoms with Crippen LogP contribution in [0.2, 0.25) is 5.02 Å². The molecule has 136 valence electrons. The average Bonchev–Trinajstić information content (AvgIpc) is 3.26. The van der Waals surface area contributed by atoms with Crippen molar-refractivity contribution in [2.45, 2.75) is 20.0 Å². The molecule has 0 spiro atoms. The van der Waals surface area contributed by atoms with Crippen LogP contribution >= 0.6 is 11.6 Å². The van der Waals surface area contributed by atoms with E-state index in [1.807, 2.05) is 43.3 Å². The fourth-order valence-corrected chi connectivity index (χ4v) is 3.31. The Bertz CT molecular complexity index is 851. The summed E-state index contributed by atoms with van der Waals surface area (Å²) in [5.74, 6) is 1.81. The van der Waals surface area contributed by atoms with Crippen molar-refractivity contribution in [1.29, 1.82) is 0 Å². The first-order valence-electron chi connectivity index (χ1n) is 8.74. The van der Waals surface area contributed by atoms with Crippen LogP contribution in [0.5, 0.6) is 0 Å². The number of aryl methyl sites for hydroxylation is 1. The molecular weight excluding hydrogens is 352 g/mol. The molecule has 0 atom stereocenters. The van der Waals surface area contributed by atoms with Crippen LogP contribution in [0.3, 0.4) is 0 Å². The second kappa shape index (κ2) is 7.61. The number of piperazine rings is 1. The molecule has 0 unspecified atom stereocenters. The molecule has 1 aliphatic heterocycles. The molecule has 6 nitrogen and oxygen atoms in total. The molecule has 1 aliphatic rings. The molecule has 3 heterocycles. The monoisotopic (exact) mass is 372 g/mol. The molecule has 0 aliphatic carbocycles. The molecule has 26 heavy (non-hydrogen) atoms. The summed E-state index contributed by atoms with van der Waals surface area (Å²) in [6.45, 7) is 7.51. The van der Waals surface area contributed by atoms with Gasteiger partial charge in [-0.3, -0.25) is 9.80 Å². The van der Waals surface area contributed by atoms with Crippen LogP contribution in [-0.4, -0.2) is 46.3 Å². The third kappa shape index (κ3) is 4.15. The van der Waals surface area contributed by atoms with Crippen molar-refractivity contribution in [3.05, 3.63) is 58.6 Å². The molecule has 4 rings (SSSR count). The van der Waals surface area contributed by atoms with Crippen molar-refractivity contribution >= 4 is 11.6 Å². The van der Waals surface area contributed by atoms with Crippen molar-refractivity contribution in [3.8, 4) is 11.3 Å². The van der Waals surface area contributed by atoms with Crippen LogP contribution in [0.25, 0.3) is 11.3 Å². The number of halogens is 1. The Hall–Kier alpha value is -2.15. The molecule has 0 amide bonds. The molecule has 0 N–H and O–H groups in total. The van der Waals surface area contributed by atoms with E-state index in [2.05, 4.69) is 20.1 Å². The van der Waals surface area contributed by atoms with E-state index >= 15 is 0 Å². The average molecular weight is 373 g/mol. The summed E-state index contributed by atoms with van der Waals surface area (Å²) >= 11 is 5.93. The lowest BCUT2D eigenvalue weighted by Crippen LogP contribution is -2.45. The van der Waals surface area contributed by atoms with Crippen LogP contribution in [0.1, 0.15) is 17.2 Å². The molecule has 1 fully saturated rings. The Kier molecular flexibility index (Phi) is 5.06. The van der Waals surface area contributed by atoms with Crippen molar-refractivity contribution in [3.63, 3.8) is 0 Å². The number of hydrogen-bond acceptors (Lipinski definition) is 6. The van der Waals surface area contributed by atoms with Crippen molar-refractivity contribution < 1.29 is 9.05 Å². The first-order valence-corrected chi connectivity index (χ1v) is 9.12. The van der Waals surface area contributed by atoms with Crippen LogP contribution in [0.4, 0.5) is 0 Å². The van der Waals surface area contributed by atoms with E-state index < -0.39 is 0 Å². The molecule has 1 saturated heterocycles. The fourth-order valence-electron chi connectivity index (χ4n) is 3.18. The lowest BCUT2D eigenvalue weighted by Gasteiger charge is -2.33. The van der Waals surface area contributed by atoms with E-state index in [9.17, 15) is 0 Å². The highest BCUT2D eigenvalue weighted by atomic mass is 35.5. The first-order chi connectivity index (χ1) is 12.7. The van der Waals surface area contributed by atoms with Gasteiger partial charge in [-0.05, 0) is 19.1 Å². The minimum atomic E-state index is 0.718. The lowest BCUT2D eigenvalue weighted by molar-refractivity contribution is 0.106. The van der Waals surface area contributed by atoms with Gasteiger partial charge >= 0.3 is 0 Å². The number of hydrogen-bond donors (Lipinski definition) is 0. The van der Waals surface area contributed by atoms with Crippen LogP contribution in [0.15, 0.2) is 45.4 Å². The topological polar surface area (TPSA) is 58.5 Å². The normalized spacial score (nSPS) is 16.2. The molecule has 7 heteroatoms. The van der Waals surface area contributed by atoms with Crippen LogP contribution in [0, 0.1) is 6.92 Å². The van der Waals surface area contributed by atoms with Gasteiger partial charge in [-0.15, -0.1) is 0 Å². The summed E-state index contributed by atoms with van der Waals surface area (Å²) in [5, 5.41) is 8.84. The molecular formula is C19H21ClN4O2. The van der Waals surface area contributed by atoms with E-state index in [1.54, 1.807) is 0 Å². The quantitative estimate of drug-likeness (QED) is 0.682. The lowest BCUT2D eigenvalue weighted by atomic mass is 10.1. The van der Waals surface area contributed by atoms with Crippen molar-refractivity contribution in [2.75, 3.05) is 26.2 Å². The van der Waals surface area contributed by atoms with E-state index in [4.69, 9.17) is 20.6 Å². The van der Waals surface area contributed by atoms with Crippen LogP contribution < -0.4 is 0 Å². The van der Waals surface area contributed by atoms with Gasteiger partial charge in [0.1, 0.15) is 5.69 Å². The number of rotatable bonds is 5. The summed E-state index contributed by atoms with van der Waals surface area (Å²) in [4.78, 5) is 4.77. The summed E-state index contributed by atoms with van der Waals surface area (Å²) < 4.78 is 10.8. The van der Waals surface area contributed by atoms with E-state index in [0.717, 1.165) is 72.8 Å². The summed E-state index contributed by atoms with van der Waals surface area (Å²) in [5.41, 5.74) is 2.79. The Morgan fingerprint density at radius 3 is 2.04 bits per heavy atom. The summed E-state index contributed by atoms with van der Waals surface area (Å²) in [7, 11) is 0. The molecule has 1 aromatic carbocycles. The largest absolute Gasteiger partial charge is 0.360 e. The van der Waals surface area contributed by atoms with Gasteiger partial charge in [-0.25, -0.2) is 0 Å². The van der Waals surface area contributed by atoms with E-state index in [1.165, 1.54) is 0 Å². The fraction of sp³-hybridized carbons (Fsp3) is 0.368. The van der Waals surface area contributed by atoms with Gasteiger partial charge in [-0.1, -0.05) is 34.0 Å². The molecule has 0 radical (unpaired) electrons. The highest BCUT2D eigenvalue weighted by Crippen LogP contribution is 2.22. The predicted octanol–water partition coefficient (Wildman–Crippen LogP) is 3.61. The smallest absolute Gasteiger partial charge is 0.151 e. The SMILES string of the molecule is Cc1cc(CN2CCN(Cc3cc(-c4ccc(Cl)cc4)no3)CC2)on1. The third-order valence-electron chi connectivity index (χ3n) is 4.60. The maximum atomic E-state index is 5.93. The highest BCUT2D eigenvalue weighted by Gasteiger charge is 2.20. The number of aromatic nitrogens is 2. The van der Waals surface area contributed by atoms with Crippen molar-refractivity contribution in [1.82, 2.24) is 20.1 Å². The zero-order valence-corrected chi connectivity index (χ0v) is 15.4. The number of nitrogens with zero attached hydrogens (tertiary/aromatic N) is 4. The number of benzene rings is 1. The summed E-state index contributed by atoms with van der Waals surface area (Å²) in [6.07, 6.45) is 0. The Balaban J connectivity index is 1.30. The Morgan fingerprint density at radius 1 is 0.885 bits per heavy atom. The Labute approximate surface area is 157 Å². The minimum absolute atomic E-state index is 0.718. The molecule has 0 saturated carbocycles. The van der Waals surface area contributed by atoms with Gasteiger partial charge in [0.25, 0.3) is 0 Å². The minimum Gasteiger partial charge on any atom is -0.360 e. The zero-order chi connectivity index (χ0) is 17.9. The maximum Gasteiger partial charge on any atom is 0.151 e. The Morgan fingerprint density at radius 2 is 1.46 bits per heavy atom. The third-order valence-corrected chi connectivity index (χ3v) is 4.85. The van der Waals surface area contributed by atoms with Gasteiger partial charge in [-0.2, -0.15) is 0 Å². The highest BCUT2D eigenvalue weighted by molar-refractivity contribution is 6.30. The summed E-state index contributed by atoms with van der Waals surface area (Å²) in [6, 6.07) is 11.6. The van der Waals surface area contributed by atoms with Gasteiger partial charge in [0.15, 0.2) is 11.5 Å². The van der Waals surface area contributed by atoms with Gasteiger partial charge in [0, 0.05) is 48.9 Å². The van der Waals surface area contributed by atoms with E-state index in [0.29, 0.717) is 0 Å². The van der Waals surface area contributed by atoms with Gasteiger partial charge in [0.05, 0.1) is 18.8 Å². The van der Waals surface area contributed by atoms with Gasteiger partial charge in [0.2, 0.25) is 0 Å². The molecule has 0 bridgehead atoms.